The lowest BCUT2D eigenvalue weighted by Gasteiger charge is -2.31. The molecule has 0 saturated heterocycles. The molecule has 2 aromatic rings. The third kappa shape index (κ3) is 5.21. The Morgan fingerprint density at radius 2 is 1.60 bits per heavy atom. The normalized spacial score (nSPS) is 17.4. The second kappa shape index (κ2) is 9.81. The van der Waals surface area contributed by atoms with E-state index in [4.69, 9.17) is 10.5 Å². The zero-order valence-corrected chi connectivity index (χ0v) is 15.3. The largest absolute Gasteiger partial charge is 0.489 e. The van der Waals surface area contributed by atoms with Crippen molar-refractivity contribution in [2.75, 3.05) is 0 Å². The Balaban J connectivity index is 0.00000225. The van der Waals surface area contributed by atoms with Gasteiger partial charge < -0.3 is 15.6 Å². The molecule has 1 aliphatic rings. The fourth-order valence-electron chi connectivity index (χ4n) is 3.58. The fourth-order valence-corrected chi connectivity index (χ4v) is 3.58. The number of hydrogen-bond acceptors (Lipinski definition) is 3. The molecule has 1 saturated carbocycles. The van der Waals surface area contributed by atoms with Crippen molar-refractivity contribution in [1.29, 1.82) is 0 Å². The molecule has 0 bridgehead atoms. The molecular formula is C21H28ClNO2. The lowest BCUT2D eigenvalue weighted by Crippen LogP contribution is -2.34. The van der Waals surface area contributed by atoms with Gasteiger partial charge in [-0.1, -0.05) is 67.8 Å². The monoisotopic (exact) mass is 361 g/mol. The van der Waals surface area contributed by atoms with Crippen molar-refractivity contribution >= 4 is 12.4 Å². The van der Waals surface area contributed by atoms with Crippen LogP contribution in [-0.2, 0) is 6.61 Å². The molecule has 0 spiro atoms. The summed E-state index contributed by atoms with van der Waals surface area (Å²) in [4.78, 5) is 0. The van der Waals surface area contributed by atoms with Crippen molar-refractivity contribution in [2.45, 2.75) is 50.9 Å². The summed E-state index contributed by atoms with van der Waals surface area (Å²) < 4.78 is 5.99. The van der Waals surface area contributed by atoms with E-state index in [1.54, 1.807) is 0 Å². The van der Waals surface area contributed by atoms with Gasteiger partial charge >= 0.3 is 0 Å². The van der Waals surface area contributed by atoms with Gasteiger partial charge in [0.25, 0.3) is 0 Å². The summed E-state index contributed by atoms with van der Waals surface area (Å²) >= 11 is 0. The quantitative estimate of drug-likeness (QED) is 0.788. The van der Waals surface area contributed by atoms with Crippen molar-refractivity contribution in [3.05, 3.63) is 65.7 Å². The zero-order valence-electron chi connectivity index (χ0n) is 14.5. The average Bonchev–Trinajstić information content (AvgIpc) is 2.67. The average molecular weight is 362 g/mol. The molecule has 0 heterocycles. The van der Waals surface area contributed by atoms with Gasteiger partial charge in [0.05, 0.1) is 12.1 Å². The summed E-state index contributed by atoms with van der Waals surface area (Å²) in [5.41, 5.74) is 8.42. The van der Waals surface area contributed by atoms with Crippen molar-refractivity contribution in [3.8, 4) is 5.75 Å². The van der Waals surface area contributed by atoms with Gasteiger partial charge in [0.15, 0.2) is 0 Å². The van der Waals surface area contributed by atoms with Gasteiger partial charge in [0.2, 0.25) is 0 Å². The van der Waals surface area contributed by atoms with Crippen LogP contribution in [0.3, 0.4) is 0 Å². The first-order valence-electron chi connectivity index (χ1n) is 8.95. The van der Waals surface area contributed by atoms with E-state index in [1.807, 2.05) is 54.6 Å². The zero-order chi connectivity index (χ0) is 16.8. The Morgan fingerprint density at radius 3 is 2.32 bits per heavy atom. The number of rotatable bonds is 6. The third-order valence-electron chi connectivity index (χ3n) is 5.02. The predicted octanol–water partition coefficient (Wildman–Crippen LogP) is 4.63. The summed E-state index contributed by atoms with van der Waals surface area (Å²) in [6, 6.07) is 17.5. The molecule has 0 radical (unpaired) electrons. The molecular weight excluding hydrogens is 334 g/mol. The number of aliphatic hydroxyl groups excluding tert-OH is 1. The van der Waals surface area contributed by atoms with Crippen LogP contribution in [0.1, 0.15) is 49.3 Å². The number of ether oxygens (including phenoxy) is 1. The molecule has 0 aromatic heterocycles. The minimum Gasteiger partial charge on any atom is -0.489 e. The van der Waals surface area contributed by atoms with Crippen molar-refractivity contribution < 1.29 is 9.84 Å². The molecule has 3 N–H and O–H groups in total. The van der Waals surface area contributed by atoms with Gasteiger partial charge in [-0.25, -0.2) is 0 Å². The number of para-hydroxylation sites is 1. The van der Waals surface area contributed by atoms with Gasteiger partial charge in [-0.2, -0.15) is 0 Å². The second-order valence-electron chi connectivity index (χ2n) is 6.73. The van der Waals surface area contributed by atoms with Crippen molar-refractivity contribution in [1.82, 2.24) is 0 Å². The lowest BCUT2D eigenvalue weighted by molar-refractivity contribution is 0.0608. The third-order valence-corrected chi connectivity index (χ3v) is 5.02. The highest BCUT2D eigenvalue weighted by Gasteiger charge is 2.29. The molecule has 25 heavy (non-hydrogen) atoms. The molecule has 0 aliphatic heterocycles. The molecule has 1 aliphatic carbocycles. The van der Waals surface area contributed by atoms with E-state index in [1.165, 1.54) is 19.3 Å². The molecule has 0 amide bonds. The van der Waals surface area contributed by atoms with Gasteiger partial charge in [0.1, 0.15) is 12.4 Å². The highest BCUT2D eigenvalue weighted by Crippen LogP contribution is 2.34. The molecule has 2 aromatic carbocycles. The van der Waals surface area contributed by atoms with Crippen LogP contribution in [0.4, 0.5) is 0 Å². The van der Waals surface area contributed by atoms with Gasteiger partial charge in [-0.3, -0.25) is 0 Å². The Labute approximate surface area is 156 Å². The number of benzene rings is 2. The van der Waals surface area contributed by atoms with Crippen LogP contribution in [0, 0.1) is 5.92 Å². The summed E-state index contributed by atoms with van der Waals surface area (Å²) in [6.07, 6.45) is 5.30. The minimum absolute atomic E-state index is 0. The van der Waals surface area contributed by atoms with Crippen LogP contribution >= 0.6 is 12.4 Å². The summed E-state index contributed by atoms with van der Waals surface area (Å²) in [6.45, 7) is 0.504. The van der Waals surface area contributed by atoms with E-state index in [0.717, 1.165) is 29.7 Å². The standard InChI is InChI=1S/C21H27NO2.ClH/c22-20(21(23)17-11-5-2-6-12-17)18-13-7-8-14-19(18)24-15-16-9-3-1-4-10-16;/h1,3-4,7-10,13-14,17,20-21,23H,2,5-6,11-12,15,22H2;1H/t20-,21+;/m1./s1. The van der Waals surface area contributed by atoms with E-state index >= 15 is 0 Å². The Hall–Kier alpha value is -1.55. The summed E-state index contributed by atoms with van der Waals surface area (Å²) in [7, 11) is 0. The first kappa shape index (κ1) is 19.8. The first-order chi connectivity index (χ1) is 11.8. The summed E-state index contributed by atoms with van der Waals surface area (Å²) in [5, 5.41) is 10.7. The Bertz CT molecular complexity index is 629. The van der Waals surface area contributed by atoms with E-state index in [2.05, 4.69) is 0 Å². The van der Waals surface area contributed by atoms with Gasteiger partial charge in [-0.05, 0) is 30.4 Å². The van der Waals surface area contributed by atoms with E-state index in [-0.39, 0.29) is 12.4 Å². The highest BCUT2D eigenvalue weighted by molar-refractivity contribution is 5.85. The molecule has 3 nitrogen and oxygen atoms in total. The minimum atomic E-state index is -0.508. The second-order valence-corrected chi connectivity index (χ2v) is 6.73. The topological polar surface area (TPSA) is 55.5 Å². The SMILES string of the molecule is Cl.N[C@H](c1ccccc1OCc1ccccc1)[C@@H](O)C1CCCCC1. The van der Waals surface area contributed by atoms with Crippen LogP contribution in [0.5, 0.6) is 5.75 Å². The van der Waals surface area contributed by atoms with E-state index in [0.29, 0.717) is 12.5 Å². The summed E-state index contributed by atoms with van der Waals surface area (Å²) in [5.74, 6) is 1.07. The molecule has 0 unspecified atom stereocenters. The first-order valence-corrected chi connectivity index (χ1v) is 8.95. The predicted molar refractivity (Wildman–Crippen MR) is 104 cm³/mol. The van der Waals surface area contributed by atoms with Gasteiger partial charge in [0, 0.05) is 5.56 Å². The number of halogens is 1. The van der Waals surface area contributed by atoms with E-state index < -0.39 is 12.1 Å². The fraction of sp³-hybridized carbons (Fsp3) is 0.429. The molecule has 4 heteroatoms. The van der Waals surface area contributed by atoms with Crippen LogP contribution < -0.4 is 10.5 Å². The van der Waals surface area contributed by atoms with Gasteiger partial charge in [-0.15, -0.1) is 12.4 Å². The highest BCUT2D eigenvalue weighted by atomic mass is 35.5. The molecule has 3 rings (SSSR count). The Kier molecular flexibility index (Phi) is 7.76. The van der Waals surface area contributed by atoms with Crippen molar-refractivity contribution in [2.24, 2.45) is 11.7 Å². The smallest absolute Gasteiger partial charge is 0.124 e. The maximum absolute atomic E-state index is 10.7. The molecule has 136 valence electrons. The van der Waals surface area contributed by atoms with Crippen LogP contribution in [0.2, 0.25) is 0 Å². The van der Waals surface area contributed by atoms with Crippen LogP contribution in [0.25, 0.3) is 0 Å². The number of aliphatic hydroxyl groups is 1. The maximum atomic E-state index is 10.7. The maximum Gasteiger partial charge on any atom is 0.124 e. The van der Waals surface area contributed by atoms with Crippen LogP contribution in [-0.4, -0.2) is 11.2 Å². The lowest BCUT2D eigenvalue weighted by atomic mass is 9.81. The number of nitrogens with two attached hydrogens (primary N) is 1. The number of hydrogen-bond donors (Lipinski definition) is 2. The Morgan fingerprint density at radius 1 is 0.960 bits per heavy atom. The molecule has 1 fully saturated rings. The van der Waals surface area contributed by atoms with E-state index in [9.17, 15) is 5.11 Å². The van der Waals surface area contributed by atoms with Crippen molar-refractivity contribution in [3.63, 3.8) is 0 Å². The molecule has 2 atom stereocenters. The van der Waals surface area contributed by atoms with Crippen LogP contribution in [0.15, 0.2) is 54.6 Å².